The van der Waals surface area contributed by atoms with Crippen molar-refractivity contribution < 1.29 is 9.53 Å². The van der Waals surface area contributed by atoms with Crippen molar-refractivity contribution in [2.45, 2.75) is 45.6 Å². The van der Waals surface area contributed by atoms with Crippen LogP contribution in [0.2, 0.25) is 0 Å². The smallest absolute Gasteiger partial charge is 0.226 e. The highest BCUT2D eigenvalue weighted by Crippen LogP contribution is 2.28. The van der Waals surface area contributed by atoms with E-state index in [1.807, 2.05) is 17.0 Å². The number of rotatable bonds is 8. The molecule has 0 unspecified atom stereocenters. The summed E-state index contributed by atoms with van der Waals surface area (Å²) in [5.41, 5.74) is 6.34. The molecule has 0 radical (unpaired) electrons. The third-order valence-electron chi connectivity index (χ3n) is 3.72. The fraction of sp³-hybridized carbons (Fsp3) is 0.588. The number of anilines is 1. The van der Waals surface area contributed by atoms with E-state index in [-0.39, 0.29) is 5.91 Å². The largest absolute Gasteiger partial charge is 0.493 e. The van der Waals surface area contributed by atoms with Crippen LogP contribution in [-0.2, 0) is 4.79 Å². The summed E-state index contributed by atoms with van der Waals surface area (Å²) < 4.78 is 5.60. The van der Waals surface area contributed by atoms with Crippen LogP contribution in [0.1, 0.15) is 39.5 Å². The van der Waals surface area contributed by atoms with E-state index in [2.05, 4.69) is 13.8 Å². The van der Waals surface area contributed by atoms with Gasteiger partial charge in [0.15, 0.2) is 0 Å². The van der Waals surface area contributed by atoms with Crippen molar-refractivity contribution in [1.29, 1.82) is 0 Å². The summed E-state index contributed by atoms with van der Waals surface area (Å²) in [6, 6.07) is 7.74. The zero-order valence-corrected chi connectivity index (χ0v) is 13.0. The lowest BCUT2D eigenvalue weighted by atomic mass is 10.1. The van der Waals surface area contributed by atoms with Gasteiger partial charge in [0.2, 0.25) is 5.91 Å². The number of nitrogens with two attached hydrogens (primary N) is 1. The molecule has 1 aromatic rings. The Morgan fingerprint density at radius 1 is 1.33 bits per heavy atom. The van der Waals surface area contributed by atoms with E-state index in [1.165, 1.54) is 0 Å². The standard InChI is InChI=1S/C17H26N2O2/c1-13(2)9-11-19(15-5-6-15)17(20)10-12-21-16-7-3-14(18)4-8-16/h3-4,7-8,13,15H,5-6,9-12,18H2,1-2H3. The minimum atomic E-state index is 0.216. The Labute approximate surface area is 127 Å². The lowest BCUT2D eigenvalue weighted by Crippen LogP contribution is -2.35. The Kier molecular flexibility index (Phi) is 5.48. The zero-order chi connectivity index (χ0) is 15.2. The first-order valence-electron chi connectivity index (χ1n) is 7.84. The molecule has 4 heteroatoms. The van der Waals surface area contributed by atoms with E-state index in [1.54, 1.807) is 12.1 Å². The van der Waals surface area contributed by atoms with Crippen molar-refractivity contribution in [1.82, 2.24) is 4.90 Å². The fourth-order valence-corrected chi connectivity index (χ4v) is 2.26. The van der Waals surface area contributed by atoms with Crippen LogP contribution in [-0.4, -0.2) is 30.0 Å². The van der Waals surface area contributed by atoms with Gasteiger partial charge in [0, 0.05) is 18.3 Å². The number of hydrogen-bond donors (Lipinski definition) is 1. The van der Waals surface area contributed by atoms with E-state index >= 15 is 0 Å². The molecule has 0 bridgehead atoms. The van der Waals surface area contributed by atoms with Crippen LogP contribution in [0, 0.1) is 5.92 Å². The van der Waals surface area contributed by atoms with Gasteiger partial charge >= 0.3 is 0 Å². The van der Waals surface area contributed by atoms with Crippen molar-refractivity contribution >= 4 is 11.6 Å². The minimum Gasteiger partial charge on any atom is -0.493 e. The van der Waals surface area contributed by atoms with Gasteiger partial charge in [-0.3, -0.25) is 4.79 Å². The van der Waals surface area contributed by atoms with Crippen molar-refractivity contribution in [2.75, 3.05) is 18.9 Å². The number of ether oxygens (including phenoxy) is 1. The number of hydrogen-bond acceptors (Lipinski definition) is 3. The number of amides is 1. The summed E-state index contributed by atoms with van der Waals surface area (Å²) in [5.74, 6) is 1.61. The van der Waals surface area contributed by atoms with Crippen LogP contribution in [0.4, 0.5) is 5.69 Å². The molecule has 2 rings (SSSR count). The highest BCUT2D eigenvalue weighted by molar-refractivity contribution is 5.77. The maximum absolute atomic E-state index is 12.3. The topological polar surface area (TPSA) is 55.6 Å². The van der Waals surface area contributed by atoms with Gasteiger partial charge in [0.1, 0.15) is 5.75 Å². The molecule has 0 atom stereocenters. The summed E-state index contributed by atoms with van der Waals surface area (Å²) in [7, 11) is 0. The zero-order valence-electron chi connectivity index (χ0n) is 13.0. The first-order valence-corrected chi connectivity index (χ1v) is 7.84. The van der Waals surface area contributed by atoms with E-state index in [9.17, 15) is 4.79 Å². The predicted octanol–water partition coefficient (Wildman–Crippen LogP) is 3.07. The summed E-state index contributed by atoms with van der Waals surface area (Å²) >= 11 is 0. The van der Waals surface area contributed by atoms with Crippen LogP contribution in [0.5, 0.6) is 5.75 Å². The minimum absolute atomic E-state index is 0.216. The normalized spacial score (nSPS) is 14.2. The van der Waals surface area contributed by atoms with Gasteiger partial charge in [-0.2, -0.15) is 0 Å². The summed E-state index contributed by atoms with van der Waals surface area (Å²) in [6.07, 6.45) is 3.82. The Morgan fingerprint density at radius 2 is 2.00 bits per heavy atom. The molecular weight excluding hydrogens is 264 g/mol. The van der Waals surface area contributed by atoms with Crippen molar-refractivity contribution in [3.05, 3.63) is 24.3 Å². The number of nitrogen functional groups attached to an aromatic ring is 1. The summed E-state index contributed by atoms with van der Waals surface area (Å²) in [4.78, 5) is 14.4. The molecule has 1 amide bonds. The van der Waals surface area contributed by atoms with Gasteiger partial charge < -0.3 is 15.4 Å². The van der Waals surface area contributed by atoms with Crippen molar-refractivity contribution in [3.8, 4) is 5.75 Å². The van der Waals surface area contributed by atoms with Gasteiger partial charge in [0.25, 0.3) is 0 Å². The molecule has 0 spiro atoms. The highest BCUT2D eigenvalue weighted by atomic mass is 16.5. The first-order chi connectivity index (χ1) is 10.1. The van der Waals surface area contributed by atoms with Gasteiger partial charge in [-0.15, -0.1) is 0 Å². The van der Waals surface area contributed by atoms with Crippen LogP contribution >= 0.6 is 0 Å². The number of carbonyl (C=O) groups is 1. The Bertz CT molecular complexity index is 452. The highest BCUT2D eigenvalue weighted by Gasteiger charge is 2.31. The molecule has 116 valence electrons. The molecule has 0 aromatic heterocycles. The van der Waals surface area contributed by atoms with Gasteiger partial charge in [-0.1, -0.05) is 13.8 Å². The number of nitrogens with zero attached hydrogens (tertiary/aromatic N) is 1. The van der Waals surface area contributed by atoms with E-state index in [0.717, 1.165) is 31.6 Å². The Balaban J connectivity index is 1.75. The molecule has 0 heterocycles. The van der Waals surface area contributed by atoms with Gasteiger partial charge in [0.05, 0.1) is 13.0 Å². The second-order valence-corrected chi connectivity index (χ2v) is 6.17. The number of benzene rings is 1. The van der Waals surface area contributed by atoms with E-state index < -0.39 is 0 Å². The quantitative estimate of drug-likeness (QED) is 0.749. The lowest BCUT2D eigenvalue weighted by molar-refractivity contribution is -0.132. The summed E-state index contributed by atoms with van der Waals surface area (Å²) in [5, 5.41) is 0. The SMILES string of the molecule is CC(C)CCN(C(=O)CCOc1ccc(N)cc1)C1CC1. The second-order valence-electron chi connectivity index (χ2n) is 6.17. The molecule has 1 fully saturated rings. The molecule has 0 saturated heterocycles. The predicted molar refractivity (Wildman–Crippen MR) is 85.2 cm³/mol. The molecule has 1 saturated carbocycles. The van der Waals surface area contributed by atoms with Crippen molar-refractivity contribution in [2.24, 2.45) is 5.92 Å². The van der Waals surface area contributed by atoms with Gasteiger partial charge in [-0.25, -0.2) is 0 Å². The van der Waals surface area contributed by atoms with E-state index in [4.69, 9.17) is 10.5 Å². The average molecular weight is 290 g/mol. The first kappa shape index (κ1) is 15.7. The Morgan fingerprint density at radius 3 is 2.57 bits per heavy atom. The second kappa shape index (κ2) is 7.34. The van der Waals surface area contributed by atoms with Crippen LogP contribution in [0.15, 0.2) is 24.3 Å². The molecular formula is C17H26N2O2. The maximum atomic E-state index is 12.3. The molecule has 0 aliphatic heterocycles. The van der Waals surface area contributed by atoms with E-state index in [0.29, 0.717) is 30.7 Å². The molecule has 1 aliphatic rings. The summed E-state index contributed by atoms with van der Waals surface area (Å²) in [6.45, 7) is 5.69. The molecule has 1 aliphatic carbocycles. The third kappa shape index (κ3) is 5.29. The third-order valence-corrected chi connectivity index (χ3v) is 3.72. The maximum Gasteiger partial charge on any atom is 0.226 e. The van der Waals surface area contributed by atoms with Crippen LogP contribution in [0.25, 0.3) is 0 Å². The lowest BCUT2D eigenvalue weighted by Gasteiger charge is -2.23. The average Bonchev–Trinajstić information content (AvgIpc) is 3.25. The fourth-order valence-electron chi connectivity index (χ4n) is 2.26. The van der Waals surface area contributed by atoms with Crippen molar-refractivity contribution in [3.63, 3.8) is 0 Å². The Hall–Kier alpha value is -1.71. The van der Waals surface area contributed by atoms with Crippen LogP contribution < -0.4 is 10.5 Å². The molecule has 4 nitrogen and oxygen atoms in total. The number of carbonyl (C=O) groups excluding carboxylic acids is 1. The monoisotopic (exact) mass is 290 g/mol. The van der Waals surface area contributed by atoms with Gasteiger partial charge in [-0.05, 0) is 49.4 Å². The molecule has 1 aromatic carbocycles. The molecule has 2 N–H and O–H groups in total. The van der Waals surface area contributed by atoms with Crippen LogP contribution in [0.3, 0.4) is 0 Å². The molecule has 21 heavy (non-hydrogen) atoms.